The summed E-state index contributed by atoms with van der Waals surface area (Å²) in [5.74, 6) is -1.94. The van der Waals surface area contributed by atoms with Crippen LogP contribution in [0.2, 0.25) is 0 Å². The lowest BCUT2D eigenvalue weighted by Gasteiger charge is -2.10. The van der Waals surface area contributed by atoms with Crippen LogP contribution in [0.4, 0.5) is 10.1 Å². The average molecular weight is 392 g/mol. The summed E-state index contributed by atoms with van der Waals surface area (Å²) in [5.41, 5.74) is 2.75. The zero-order chi connectivity index (χ0) is 21.0. The van der Waals surface area contributed by atoms with Gasteiger partial charge in [-0.1, -0.05) is 6.07 Å². The molecule has 0 bridgehead atoms. The number of H-pyrrole nitrogens is 1. The Hall–Kier alpha value is -3.99. The molecule has 3 aromatic rings. The second kappa shape index (κ2) is 8.35. The van der Waals surface area contributed by atoms with Crippen molar-refractivity contribution < 1.29 is 19.1 Å². The van der Waals surface area contributed by atoms with Crippen LogP contribution in [0.15, 0.2) is 36.4 Å². The van der Waals surface area contributed by atoms with Gasteiger partial charge in [-0.3, -0.25) is 14.7 Å². The minimum atomic E-state index is -0.976. The highest BCUT2D eigenvalue weighted by molar-refractivity contribution is 6.02. The fourth-order valence-corrected chi connectivity index (χ4v) is 2.83. The second-order valence-electron chi connectivity index (χ2n) is 6.46. The van der Waals surface area contributed by atoms with Gasteiger partial charge < -0.3 is 10.4 Å². The Morgan fingerprint density at radius 2 is 2.14 bits per heavy atom. The number of hydrogen-bond donors (Lipinski definition) is 3. The molecule has 1 aromatic heterocycles. The first-order valence-corrected chi connectivity index (χ1v) is 8.75. The summed E-state index contributed by atoms with van der Waals surface area (Å²) >= 11 is 0. The van der Waals surface area contributed by atoms with Crippen LogP contribution in [0.1, 0.15) is 28.8 Å². The maximum absolute atomic E-state index is 14.1. The van der Waals surface area contributed by atoms with E-state index in [-0.39, 0.29) is 18.4 Å². The quantitative estimate of drug-likeness (QED) is 0.554. The van der Waals surface area contributed by atoms with E-state index < -0.39 is 17.7 Å². The lowest BCUT2D eigenvalue weighted by atomic mass is 10.0. The molecule has 0 aliphatic carbocycles. The number of nitrogens with one attached hydrogen (secondary N) is 2. The third-order valence-electron chi connectivity index (χ3n) is 4.41. The molecule has 0 radical (unpaired) electrons. The highest BCUT2D eigenvalue weighted by Gasteiger charge is 2.10. The molecule has 0 spiro atoms. The first-order chi connectivity index (χ1) is 13.9. The van der Waals surface area contributed by atoms with Crippen molar-refractivity contribution in [1.29, 1.82) is 5.26 Å². The number of halogens is 1. The number of rotatable bonds is 6. The first-order valence-electron chi connectivity index (χ1n) is 8.75. The number of anilines is 1. The van der Waals surface area contributed by atoms with Crippen molar-refractivity contribution in [1.82, 2.24) is 10.2 Å². The van der Waals surface area contributed by atoms with E-state index in [1.54, 1.807) is 30.3 Å². The first kappa shape index (κ1) is 19.8. The van der Waals surface area contributed by atoms with Crippen LogP contribution >= 0.6 is 0 Å². The molecule has 0 fully saturated rings. The minimum absolute atomic E-state index is 0.126. The van der Waals surface area contributed by atoms with E-state index in [1.807, 2.05) is 6.07 Å². The number of amides is 1. The number of fused-ring (bicyclic) bond motifs is 1. The highest BCUT2D eigenvalue weighted by atomic mass is 19.1. The van der Waals surface area contributed by atoms with Gasteiger partial charge in [0.1, 0.15) is 11.9 Å². The Kier molecular flexibility index (Phi) is 5.69. The van der Waals surface area contributed by atoms with E-state index >= 15 is 0 Å². The normalized spacial score (nSPS) is 10.9. The lowest BCUT2D eigenvalue weighted by Crippen LogP contribution is -2.10. The average Bonchev–Trinajstić information content (AvgIpc) is 3.10. The molecule has 0 saturated carbocycles. The number of nitrogens with zero attached hydrogens (tertiary/aromatic N) is 2. The molecule has 0 atom stereocenters. The topological polar surface area (TPSA) is 119 Å². The van der Waals surface area contributed by atoms with Crippen LogP contribution in [0.25, 0.3) is 17.0 Å². The third kappa shape index (κ3) is 4.65. The van der Waals surface area contributed by atoms with E-state index in [1.165, 1.54) is 19.1 Å². The summed E-state index contributed by atoms with van der Waals surface area (Å²) in [4.78, 5) is 23.0. The molecule has 2 aromatic carbocycles. The molecular weight excluding hydrogens is 375 g/mol. The summed E-state index contributed by atoms with van der Waals surface area (Å²) in [6.07, 6.45) is 2.94. The number of carbonyl (C=O) groups is 2. The van der Waals surface area contributed by atoms with E-state index in [0.29, 0.717) is 27.8 Å². The van der Waals surface area contributed by atoms with Crippen molar-refractivity contribution in [2.24, 2.45) is 0 Å². The van der Waals surface area contributed by atoms with Crippen molar-refractivity contribution in [3.63, 3.8) is 0 Å². The second-order valence-corrected chi connectivity index (χ2v) is 6.46. The van der Waals surface area contributed by atoms with Gasteiger partial charge in [-0.05, 0) is 54.8 Å². The van der Waals surface area contributed by atoms with Crippen LogP contribution in [0.5, 0.6) is 0 Å². The van der Waals surface area contributed by atoms with Crippen molar-refractivity contribution in [3.8, 4) is 6.07 Å². The lowest BCUT2D eigenvalue weighted by molar-refractivity contribution is -0.137. The molecule has 0 unspecified atom stereocenters. The Labute approximate surface area is 165 Å². The standard InChI is InChI=1S/C21H17FN4O3/c1-12-16(22)8-14(4-7-21(28)29)10-17(12)24-20(27)6-3-13-2-5-15-18(9-13)25-26-19(15)11-23/h2-3,5-6,8-10H,4,7H2,1H3,(H,24,27)(H,25,26)(H,28,29). The van der Waals surface area contributed by atoms with Gasteiger partial charge >= 0.3 is 5.97 Å². The van der Waals surface area contributed by atoms with Crippen LogP contribution in [-0.2, 0) is 16.0 Å². The summed E-state index contributed by atoms with van der Waals surface area (Å²) in [5, 5.41) is 27.7. The molecule has 3 rings (SSSR count). The molecule has 146 valence electrons. The van der Waals surface area contributed by atoms with Gasteiger partial charge in [0.15, 0.2) is 5.69 Å². The smallest absolute Gasteiger partial charge is 0.303 e. The molecule has 7 nitrogen and oxygen atoms in total. The van der Waals surface area contributed by atoms with E-state index in [2.05, 4.69) is 15.5 Å². The number of aryl methyl sites for hydroxylation is 1. The Bertz CT molecular complexity index is 1170. The van der Waals surface area contributed by atoms with Gasteiger partial charge in [0.05, 0.1) is 5.52 Å². The van der Waals surface area contributed by atoms with E-state index in [9.17, 15) is 14.0 Å². The molecule has 0 aliphatic rings. The summed E-state index contributed by atoms with van der Waals surface area (Å²) < 4.78 is 14.1. The van der Waals surface area contributed by atoms with Crippen molar-refractivity contribution >= 4 is 34.5 Å². The fourth-order valence-electron chi connectivity index (χ4n) is 2.83. The number of nitriles is 1. The fraction of sp³-hybridized carbons (Fsp3) is 0.143. The highest BCUT2D eigenvalue weighted by Crippen LogP contribution is 2.22. The van der Waals surface area contributed by atoms with Crippen molar-refractivity contribution in [3.05, 3.63) is 64.6 Å². The van der Waals surface area contributed by atoms with Gasteiger partial charge in [0, 0.05) is 29.1 Å². The number of aromatic nitrogens is 2. The SMILES string of the molecule is Cc1c(F)cc(CCC(=O)O)cc1NC(=O)C=Cc1ccc2c(C#N)n[nH]c2c1. The van der Waals surface area contributed by atoms with Crippen LogP contribution in [-0.4, -0.2) is 27.2 Å². The number of aromatic amines is 1. The Morgan fingerprint density at radius 1 is 1.34 bits per heavy atom. The zero-order valence-electron chi connectivity index (χ0n) is 15.5. The van der Waals surface area contributed by atoms with Crippen molar-refractivity contribution in [2.45, 2.75) is 19.8 Å². The number of carbonyl (C=O) groups excluding carboxylic acids is 1. The van der Waals surface area contributed by atoms with Gasteiger partial charge in [0.2, 0.25) is 5.91 Å². The zero-order valence-corrected chi connectivity index (χ0v) is 15.5. The summed E-state index contributed by atoms with van der Waals surface area (Å²) in [6, 6.07) is 10.1. The summed E-state index contributed by atoms with van der Waals surface area (Å²) in [6.45, 7) is 1.54. The van der Waals surface area contributed by atoms with Gasteiger partial charge in [-0.2, -0.15) is 10.4 Å². The predicted octanol–water partition coefficient (Wildman–Crippen LogP) is 3.55. The molecule has 0 aliphatic heterocycles. The van der Waals surface area contributed by atoms with Crippen LogP contribution < -0.4 is 5.32 Å². The molecule has 8 heteroatoms. The molecule has 29 heavy (non-hydrogen) atoms. The number of carboxylic acid groups (broad SMARTS) is 1. The maximum Gasteiger partial charge on any atom is 0.303 e. The summed E-state index contributed by atoms with van der Waals surface area (Å²) in [7, 11) is 0. The Morgan fingerprint density at radius 3 is 2.86 bits per heavy atom. The number of hydrogen-bond acceptors (Lipinski definition) is 4. The molecule has 0 saturated heterocycles. The largest absolute Gasteiger partial charge is 0.481 e. The third-order valence-corrected chi connectivity index (χ3v) is 4.41. The maximum atomic E-state index is 14.1. The Balaban J connectivity index is 1.74. The number of carboxylic acids is 1. The molecule has 1 heterocycles. The predicted molar refractivity (Wildman–Crippen MR) is 106 cm³/mol. The number of aliphatic carboxylic acids is 1. The number of benzene rings is 2. The van der Waals surface area contributed by atoms with E-state index in [0.717, 1.165) is 5.56 Å². The van der Waals surface area contributed by atoms with Gasteiger partial charge in [-0.15, -0.1) is 0 Å². The minimum Gasteiger partial charge on any atom is -0.481 e. The molecule has 1 amide bonds. The molecular formula is C21H17FN4O3. The van der Waals surface area contributed by atoms with E-state index in [4.69, 9.17) is 10.4 Å². The van der Waals surface area contributed by atoms with Gasteiger partial charge in [0.25, 0.3) is 0 Å². The van der Waals surface area contributed by atoms with Crippen LogP contribution in [0, 0.1) is 24.1 Å². The van der Waals surface area contributed by atoms with Crippen LogP contribution in [0.3, 0.4) is 0 Å². The monoisotopic (exact) mass is 392 g/mol. The van der Waals surface area contributed by atoms with Gasteiger partial charge in [-0.25, -0.2) is 4.39 Å². The van der Waals surface area contributed by atoms with Crippen molar-refractivity contribution in [2.75, 3.05) is 5.32 Å². The molecule has 3 N–H and O–H groups in total.